The van der Waals surface area contributed by atoms with Crippen LogP contribution in [0.1, 0.15) is 32.3 Å². The summed E-state index contributed by atoms with van der Waals surface area (Å²) in [6, 6.07) is 8.85. The molecule has 2 nitrogen and oxygen atoms in total. The van der Waals surface area contributed by atoms with Gasteiger partial charge in [0.2, 0.25) is 0 Å². The molecule has 1 N–H and O–H groups in total. The lowest BCUT2D eigenvalue weighted by Gasteiger charge is -2.29. The normalized spacial score (nSPS) is 20.1. The van der Waals surface area contributed by atoms with Crippen LogP contribution in [0.4, 0.5) is 0 Å². The summed E-state index contributed by atoms with van der Waals surface area (Å²) in [4.78, 5) is 0. The number of rotatable bonds is 5. The van der Waals surface area contributed by atoms with E-state index in [2.05, 4.69) is 44.4 Å². The number of nitrogens with one attached hydrogen (secondary N) is 1. The molecule has 2 heteroatoms. The van der Waals surface area contributed by atoms with Gasteiger partial charge in [0.15, 0.2) is 0 Å². The van der Waals surface area contributed by atoms with Gasteiger partial charge in [-0.3, -0.25) is 0 Å². The first-order chi connectivity index (χ1) is 8.30. The van der Waals surface area contributed by atoms with Crippen molar-refractivity contribution in [2.75, 3.05) is 7.05 Å². The predicted octanol–water partition coefficient (Wildman–Crippen LogP) is 3.01. The average Bonchev–Trinajstić information content (AvgIpc) is 2.78. The van der Waals surface area contributed by atoms with E-state index in [-0.39, 0.29) is 0 Å². The van der Waals surface area contributed by atoms with Crippen molar-refractivity contribution in [3.8, 4) is 5.75 Å². The molecule has 1 aliphatic rings. The molecule has 1 aromatic carbocycles. The van der Waals surface area contributed by atoms with Crippen molar-refractivity contribution in [3.63, 3.8) is 0 Å². The molecule has 1 heterocycles. The Morgan fingerprint density at radius 3 is 2.59 bits per heavy atom. The molecular formula is C15H23NO. The van der Waals surface area contributed by atoms with E-state index in [0.717, 1.165) is 12.2 Å². The summed E-state index contributed by atoms with van der Waals surface area (Å²) in [5.41, 5.74) is 1.35. The summed E-state index contributed by atoms with van der Waals surface area (Å²) in [6.07, 6.45) is 3.75. The van der Waals surface area contributed by atoms with E-state index in [1.165, 1.54) is 18.4 Å². The fourth-order valence-corrected chi connectivity index (χ4v) is 2.93. The van der Waals surface area contributed by atoms with Crippen molar-refractivity contribution >= 4 is 0 Å². The number of likely N-dealkylation sites (N-methyl/N-ethyl adjacent to an activating group) is 1. The summed E-state index contributed by atoms with van der Waals surface area (Å²) in [5, 5.41) is 3.46. The van der Waals surface area contributed by atoms with E-state index in [4.69, 9.17) is 4.74 Å². The molecule has 0 aromatic heterocycles. The summed E-state index contributed by atoms with van der Waals surface area (Å²) < 4.78 is 6.08. The topological polar surface area (TPSA) is 21.3 Å². The molecule has 1 aliphatic heterocycles. The Labute approximate surface area is 104 Å². The second-order valence-electron chi connectivity index (χ2n) is 4.86. The van der Waals surface area contributed by atoms with Crippen molar-refractivity contribution in [1.82, 2.24) is 5.32 Å². The first kappa shape index (κ1) is 12.4. The van der Waals surface area contributed by atoms with Crippen LogP contribution in [-0.2, 0) is 6.42 Å². The van der Waals surface area contributed by atoms with E-state index in [1.807, 2.05) is 6.07 Å². The Morgan fingerprint density at radius 1 is 1.29 bits per heavy atom. The van der Waals surface area contributed by atoms with Gasteiger partial charge in [-0.25, -0.2) is 0 Å². The van der Waals surface area contributed by atoms with Gasteiger partial charge in [0.05, 0.1) is 0 Å². The molecule has 2 unspecified atom stereocenters. The minimum Gasteiger partial charge on any atom is -0.488 e. The summed E-state index contributed by atoms with van der Waals surface area (Å²) in [6.45, 7) is 4.53. The largest absolute Gasteiger partial charge is 0.488 e. The Kier molecular flexibility index (Phi) is 4.06. The van der Waals surface area contributed by atoms with Gasteiger partial charge in [0.1, 0.15) is 11.9 Å². The minimum atomic E-state index is 0.294. The van der Waals surface area contributed by atoms with E-state index >= 15 is 0 Å². The number of benzene rings is 1. The minimum absolute atomic E-state index is 0.294. The fourth-order valence-electron chi connectivity index (χ4n) is 2.93. The van der Waals surface area contributed by atoms with Crippen LogP contribution in [0.25, 0.3) is 0 Å². The van der Waals surface area contributed by atoms with Gasteiger partial charge in [0, 0.05) is 12.5 Å². The number of ether oxygens (including phenoxy) is 1. The van der Waals surface area contributed by atoms with Crippen molar-refractivity contribution in [2.45, 2.75) is 45.3 Å². The Hall–Kier alpha value is -1.02. The lowest BCUT2D eigenvalue weighted by Crippen LogP contribution is -2.45. The van der Waals surface area contributed by atoms with Gasteiger partial charge in [-0.1, -0.05) is 44.9 Å². The second kappa shape index (κ2) is 5.54. The van der Waals surface area contributed by atoms with Gasteiger partial charge in [-0.15, -0.1) is 0 Å². The highest BCUT2D eigenvalue weighted by atomic mass is 16.5. The maximum absolute atomic E-state index is 6.08. The SMILES string of the molecule is CCC(CC)C(NC)C1Cc2ccccc2O1. The first-order valence-electron chi connectivity index (χ1n) is 6.72. The summed E-state index contributed by atoms with van der Waals surface area (Å²) >= 11 is 0. The van der Waals surface area contributed by atoms with Crippen molar-refractivity contribution in [2.24, 2.45) is 5.92 Å². The van der Waals surface area contributed by atoms with Gasteiger partial charge < -0.3 is 10.1 Å². The van der Waals surface area contributed by atoms with Crippen LogP contribution in [0.2, 0.25) is 0 Å². The van der Waals surface area contributed by atoms with E-state index in [1.54, 1.807) is 0 Å². The van der Waals surface area contributed by atoms with Gasteiger partial charge >= 0.3 is 0 Å². The number of hydrogen-bond donors (Lipinski definition) is 1. The third-order valence-electron chi connectivity index (χ3n) is 3.96. The standard InChI is InChI=1S/C15H23NO/c1-4-11(5-2)15(16-3)14-10-12-8-6-7-9-13(12)17-14/h6-9,11,14-16H,4-5,10H2,1-3H3. The maximum Gasteiger partial charge on any atom is 0.123 e. The molecule has 0 spiro atoms. The smallest absolute Gasteiger partial charge is 0.123 e. The molecule has 0 saturated carbocycles. The van der Waals surface area contributed by atoms with Gasteiger partial charge in [-0.05, 0) is 24.6 Å². The number of para-hydroxylation sites is 1. The van der Waals surface area contributed by atoms with E-state index < -0.39 is 0 Å². The molecule has 0 bridgehead atoms. The van der Waals surface area contributed by atoms with Crippen LogP contribution in [0, 0.1) is 5.92 Å². The Morgan fingerprint density at radius 2 is 2.00 bits per heavy atom. The first-order valence-corrected chi connectivity index (χ1v) is 6.72. The molecular weight excluding hydrogens is 210 g/mol. The van der Waals surface area contributed by atoms with Crippen molar-refractivity contribution in [1.29, 1.82) is 0 Å². The van der Waals surface area contributed by atoms with Crippen LogP contribution in [-0.4, -0.2) is 19.2 Å². The third kappa shape index (κ3) is 2.47. The Bertz CT molecular complexity index is 335. The van der Waals surface area contributed by atoms with Crippen molar-refractivity contribution in [3.05, 3.63) is 29.8 Å². The number of hydrogen-bond acceptors (Lipinski definition) is 2. The fraction of sp³-hybridized carbons (Fsp3) is 0.600. The van der Waals surface area contributed by atoms with Crippen molar-refractivity contribution < 1.29 is 4.74 Å². The highest BCUT2D eigenvalue weighted by Gasteiger charge is 2.32. The predicted molar refractivity (Wildman–Crippen MR) is 71.5 cm³/mol. The van der Waals surface area contributed by atoms with Crippen LogP contribution < -0.4 is 10.1 Å². The van der Waals surface area contributed by atoms with Gasteiger partial charge in [0.25, 0.3) is 0 Å². The zero-order valence-corrected chi connectivity index (χ0v) is 11.1. The molecule has 94 valence electrons. The molecule has 2 atom stereocenters. The highest BCUT2D eigenvalue weighted by Crippen LogP contribution is 2.32. The number of fused-ring (bicyclic) bond motifs is 1. The second-order valence-corrected chi connectivity index (χ2v) is 4.86. The average molecular weight is 233 g/mol. The molecule has 0 fully saturated rings. The quantitative estimate of drug-likeness (QED) is 0.844. The zero-order valence-electron chi connectivity index (χ0n) is 11.1. The molecule has 17 heavy (non-hydrogen) atoms. The molecule has 0 aliphatic carbocycles. The monoisotopic (exact) mass is 233 g/mol. The molecule has 0 radical (unpaired) electrons. The van der Waals surface area contributed by atoms with Gasteiger partial charge in [-0.2, -0.15) is 0 Å². The maximum atomic E-state index is 6.08. The zero-order chi connectivity index (χ0) is 12.3. The molecule has 2 rings (SSSR count). The summed E-state index contributed by atoms with van der Waals surface area (Å²) in [7, 11) is 2.05. The van der Waals surface area contributed by atoms with Crippen LogP contribution in [0.3, 0.4) is 0 Å². The summed E-state index contributed by atoms with van der Waals surface area (Å²) in [5.74, 6) is 1.77. The molecule has 1 aromatic rings. The lowest BCUT2D eigenvalue weighted by molar-refractivity contribution is 0.141. The van der Waals surface area contributed by atoms with E-state index in [9.17, 15) is 0 Å². The van der Waals surface area contributed by atoms with Crippen LogP contribution >= 0.6 is 0 Å². The third-order valence-corrected chi connectivity index (χ3v) is 3.96. The molecule has 0 amide bonds. The lowest BCUT2D eigenvalue weighted by atomic mass is 9.88. The Balaban J connectivity index is 2.10. The molecule has 0 saturated heterocycles. The highest BCUT2D eigenvalue weighted by molar-refractivity contribution is 5.37. The van der Waals surface area contributed by atoms with Crippen LogP contribution in [0.5, 0.6) is 5.75 Å². The van der Waals surface area contributed by atoms with E-state index in [0.29, 0.717) is 18.1 Å². The van der Waals surface area contributed by atoms with Crippen LogP contribution in [0.15, 0.2) is 24.3 Å².